The smallest absolute Gasteiger partial charge is 0.412 e. The molecule has 7 heteroatoms. The molecule has 35 heavy (non-hydrogen) atoms. The Bertz CT molecular complexity index is 702. The first kappa shape index (κ1) is 29.9. The van der Waals surface area contributed by atoms with E-state index in [1.807, 2.05) is 58.3 Å². The maximum Gasteiger partial charge on any atom is 0.412 e. The van der Waals surface area contributed by atoms with Crippen LogP contribution in [0.25, 0.3) is 0 Å². The van der Waals surface area contributed by atoms with E-state index in [-0.39, 0.29) is 35.6 Å². The van der Waals surface area contributed by atoms with Crippen molar-refractivity contribution < 1.29 is 19.1 Å². The van der Waals surface area contributed by atoms with Gasteiger partial charge in [0, 0.05) is 25.0 Å². The third-order valence-electron chi connectivity index (χ3n) is 7.03. The maximum absolute atomic E-state index is 13.4. The van der Waals surface area contributed by atoms with Crippen molar-refractivity contribution in [3.63, 3.8) is 0 Å². The van der Waals surface area contributed by atoms with Crippen LogP contribution in [0.1, 0.15) is 114 Å². The van der Waals surface area contributed by atoms with Gasteiger partial charge in [-0.15, -0.1) is 0 Å². The average Bonchev–Trinajstić information content (AvgIpc) is 2.92. The largest absolute Gasteiger partial charge is 0.444 e. The molecule has 2 rings (SSSR count). The molecule has 1 saturated carbocycles. The van der Waals surface area contributed by atoms with Gasteiger partial charge in [0.2, 0.25) is 5.91 Å². The van der Waals surface area contributed by atoms with Crippen LogP contribution in [0.15, 0.2) is 0 Å². The van der Waals surface area contributed by atoms with Crippen molar-refractivity contribution in [1.29, 1.82) is 0 Å². The van der Waals surface area contributed by atoms with Gasteiger partial charge >= 0.3 is 6.09 Å². The van der Waals surface area contributed by atoms with E-state index >= 15 is 0 Å². The van der Waals surface area contributed by atoms with E-state index in [0.29, 0.717) is 31.8 Å². The second kappa shape index (κ2) is 11.8. The van der Waals surface area contributed by atoms with Gasteiger partial charge in [-0.05, 0) is 73.1 Å². The summed E-state index contributed by atoms with van der Waals surface area (Å²) in [4.78, 5) is 30.4. The normalized spacial score (nSPS) is 23.6. The number of amides is 2. The summed E-state index contributed by atoms with van der Waals surface area (Å²) in [6.45, 7) is 18.7. The van der Waals surface area contributed by atoms with E-state index in [2.05, 4.69) is 13.8 Å². The zero-order valence-electron chi connectivity index (χ0n) is 24.0. The van der Waals surface area contributed by atoms with Gasteiger partial charge in [-0.2, -0.15) is 0 Å². The molecule has 2 fully saturated rings. The van der Waals surface area contributed by atoms with Crippen molar-refractivity contribution in [3.8, 4) is 0 Å². The highest BCUT2D eigenvalue weighted by Gasteiger charge is 2.52. The number of hydrogen-bond acceptors (Lipinski definition) is 5. The van der Waals surface area contributed by atoms with E-state index in [1.54, 1.807) is 0 Å². The van der Waals surface area contributed by atoms with Crippen LogP contribution in [0.4, 0.5) is 4.79 Å². The van der Waals surface area contributed by atoms with Crippen molar-refractivity contribution in [2.45, 2.75) is 143 Å². The molecule has 1 aliphatic carbocycles. The van der Waals surface area contributed by atoms with Gasteiger partial charge in [-0.25, -0.2) is 4.79 Å². The third-order valence-corrected chi connectivity index (χ3v) is 7.03. The van der Waals surface area contributed by atoms with E-state index in [9.17, 15) is 9.59 Å². The lowest BCUT2D eigenvalue weighted by molar-refractivity contribution is -0.135. The summed E-state index contributed by atoms with van der Waals surface area (Å²) in [6.07, 6.45) is 7.60. The number of nitrogens with two attached hydrogens (primary N) is 1. The Labute approximate surface area is 214 Å². The van der Waals surface area contributed by atoms with Crippen molar-refractivity contribution >= 4 is 12.0 Å². The SMILES string of the molecule is CC(C)CC(=O)N(CCC(C)(C)N)C[C@@H]1OC(C)(C)N(C(=O)OC(C)(C)C)[C@H]1CC1CCCCC1. The summed E-state index contributed by atoms with van der Waals surface area (Å²) in [5.41, 5.74) is 4.50. The van der Waals surface area contributed by atoms with E-state index in [0.717, 1.165) is 6.42 Å². The van der Waals surface area contributed by atoms with Crippen LogP contribution in [0, 0.1) is 11.8 Å². The molecule has 0 radical (unpaired) electrons. The van der Waals surface area contributed by atoms with E-state index < -0.39 is 11.3 Å². The first-order chi connectivity index (χ1) is 16.0. The second-order valence-electron chi connectivity index (χ2n) is 13.4. The summed E-state index contributed by atoms with van der Waals surface area (Å²) in [5, 5.41) is 0. The summed E-state index contributed by atoms with van der Waals surface area (Å²) >= 11 is 0. The zero-order chi connectivity index (χ0) is 26.6. The Morgan fingerprint density at radius 2 is 1.71 bits per heavy atom. The summed E-state index contributed by atoms with van der Waals surface area (Å²) in [6, 6.07) is -0.136. The average molecular weight is 496 g/mol. The number of carbonyl (C=O) groups is 2. The fourth-order valence-electron chi connectivity index (χ4n) is 5.35. The lowest BCUT2D eigenvalue weighted by Gasteiger charge is -2.37. The van der Waals surface area contributed by atoms with Gasteiger partial charge in [-0.1, -0.05) is 46.0 Å². The Kier molecular flexibility index (Phi) is 10.1. The van der Waals surface area contributed by atoms with E-state index in [1.165, 1.54) is 32.1 Å². The number of hydrogen-bond donors (Lipinski definition) is 1. The van der Waals surface area contributed by atoms with Crippen LogP contribution in [-0.2, 0) is 14.3 Å². The van der Waals surface area contributed by atoms with Gasteiger partial charge in [0.05, 0.1) is 12.1 Å². The van der Waals surface area contributed by atoms with E-state index in [4.69, 9.17) is 15.2 Å². The van der Waals surface area contributed by atoms with Crippen LogP contribution in [0.5, 0.6) is 0 Å². The summed E-state index contributed by atoms with van der Waals surface area (Å²) in [5.74, 6) is 0.951. The standard InChI is InChI=1S/C28H53N3O4/c1-20(2)17-24(32)30(16-15-27(6,7)29)19-23-22(18-21-13-11-10-12-14-21)31(28(8,9)34-23)25(33)35-26(3,4)5/h20-23H,10-19,29H2,1-9H3/t22-,23-/m0/s1. The molecule has 7 nitrogen and oxygen atoms in total. The molecule has 2 aliphatic rings. The summed E-state index contributed by atoms with van der Waals surface area (Å²) in [7, 11) is 0. The van der Waals surface area contributed by atoms with Crippen LogP contribution in [0.3, 0.4) is 0 Å². The fraction of sp³-hybridized carbons (Fsp3) is 0.929. The molecule has 2 atom stereocenters. The van der Waals surface area contributed by atoms with Gasteiger partial charge in [0.1, 0.15) is 11.3 Å². The minimum absolute atomic E-state index is 0.123. The monoisotopic (exact) mass is 495 g/mol. The van der Waals surface area contributed by atoms with Crippen molar-refractivity contribution in [2.75, 3.05) is 13.1 Å². The van der Waals surface area contributed by atoms with Crippen LogP contribution in [-0.4, -0.2) is 63.9 Å². The van der Waals surface area contributed by atoms with Crippen LogP contribution >= 0.6 is 0 Å². The minimum Gasteiger partial charge on any atom is -0.444 e. The molecular formula is C28H53N3O4. The highest BCUT2D eigenvalue weighted by molar-refractivity contribution is 5.76. The molecule has 1 aliphatic heterocycles. The summed E-state index contributed by atoms with van der Waals surface area (Å²) < 4.78 is 12.4. The third kappa shape index (κ3) is 9.56. The molecule has 0 spiro atoms. The number of ether oxygens (including phenoxy) is 2. The molecule has 2 N–H and O–H groups in total. The first-order valence-corrected chi connectivity index (χ1v) is 13.8. The van der Waals surface area contributed by atoms with Gasteiger partial charge in [0.15, 0.2) is 0 Å². The molecular weight excluding hydrogens is 442 g/mol. The predicted octanol–water partition coefficient (Wildman–Crippen LogP) is 5.70. The Balaban J connectivity index is 2.32. The minimum atomic E-state index is -0.813. The Morgan fingerprint density at radius 3 is 2.23 bits per heavy atom. The molecule has 1 heterocycles. The van der Waals surface area contributed by atoms with Crippen molar-refractivity contribution in [3.05, 3.63) is 0 Å². The van der Waals surface area contributed by atoms with Gasteiger partial charge in [-0.3, -0.25) is 9.69 Å². The molecule has 0 aromatic heterocycles. The maximum atomic E-state index is 13.4. The quantitative estimate of drug-likeness (QED) is 0.443. The van der Waals surface area contributed by atoms with Crippen molar-refractivity contribution in [1.82, 2.24) is 9.80 Å². The molecule has 0 aromatic carbocycles. The highest BCUT2D eigenvalue weighted by Crippen LogP contribution is 2.39. The second-order valence-corrected chi connectivity index (χ2v) is 13.4. The van der Waals surface area contributed by atoms with Crippen LogP contribution < -0.4 is 5.73 Å². The lowest BCUT2D eigenvalue weighted by atomic mass is 9.83. The topological polar surface area (TPSA) is 85.1 Å². The Morgan fingerprint density at radius 1 is 1.11 bits per heavy atom. The fourth-order valence-corrected chi connectivity index (χ4v) is 5.35. The Hall–Kier alpha value is -1.34. The number of rotatable bonds is 9. The molecule has 0 bridgehead atoms. The molecule has 1 saturated heterocycles. The number of nitrogens with zero attached hydrogens (tertiary/aromatic N) is 2. The lowest BCUT2D eigenvalue weighted by Crippen LogP contribution is -2.52. The molecule has 204 valence electrons. The predicted molar refractivity (Wildman–Crippen MR) is 141 cm³/mol. The van der Waals surface area contributed by atoms with Gasteiger partial charge in [0.25, 0.3) is 0 Å². The number of carbonyl (C=O) groups excluding carboxylic acids is 2. The zero-order valence-corrected chi connectivity index (χ0v) is 24.0. The van der Waals surface area contributed by atoms with Gasteiger partial charge < -0.3 is 20.1 Å². The molecule has 0 unspecified atom stereocenters. The molecule has 0 aromatic rings. The highest BCUT2D eigenvalue weighted by atomic mass is 16.6. The molecule has 2 amide bonds. The first-order valence-electron chi connectivity index (χ1n) is 13.8. The van der Waals surface area contributed by atoms with Crippen LogP contribution in [0.2, 0.25) is 0 Å². The van der Waals surface area contributed by atoms with Crippen molar-refractivity contribution in [2.24, 2.45) is 17.6 Å².